The normalized spacial score (nSPS) is 12.3. The van der Waals surface area contributed by atoms with E-state index in [9.17, 15) is 22.8 Å². The molecule has 126 valence electrons. The van der Waals surface area contributed by atoms with Crippen molar-refractivity contribution in [3.8, 4) is 5.88 Å². The van der Waals surface area contributed by atoms with E-state index >= 15 is 0 Å². The molecular weight excluding hydrogens is 317 g/mol. The summed E-state index contributed by atoms with van der Waals surface area (Å²) in [6.07, 6.45) is -1.48. The van der Waals surface area contributed by atoms with Crippen LogP contribution in [0.4, 0.5) is 13.2 Å². The molecule has 0 aromatic carbocycles. The van der Waals surface area contributed by atoms with Crippen molar-refractivity contribution in [3.05, 3.63) is 36.5 Å². The van der Waals surface area contributed by atoms with Crippen LogP contribution in [0.2, 0.25) is 0 Å². The maximum Gasteiger partial charge on any atom is 0.422 e. The molecule has 0 aliphatic carbocycles. The van der Waals surface area contributed by atoms with Crippen LogP contribution < -0.4 is 10.1 Å². The fraction of sp³-hybridized carbons (Fsp3) is 0.357. The minimum absolute atomic E-state index is 0.101. The first-order chi connectivity index (χ1) is 10.7. The summed E-state index contributed by atoms with van der Waals surface area (Å²) < 4.78 is 41.1. The molecule has 1 aromatic heterocycles. The van der Waals surface area contributed by atoms with Crippen LogP contribution in [0.3, 0.4) is 0 Å². The Labute approximate surface area is 130 Å². The third-order valence-electron chi connectivity index (χ3n) is 2.65. The number of alkyl halides is 3. The van der Waals surface area contributed by atoms with Gasteiger partial charge in [0.15, 0.2) is 6.61 Å². The average molecular weight is 332 g/mol. The Bertz CT molecular complexity index is 575. The number of ether oxygens (including phenoxy) is 1. The highest BCUT2D eigenvalue weighted by Crippen LogP contribution is 2.20. The summed E-state index contributed by atoms with van der Waals surface area (Å²) in [6.45, 7) is 1.84. The number of hydrogen-bond acceptors (Lipinski definition) is 4. The summed E-state index contributed by atoms with van der Waals surface area (Å²) in [7, 11) is 0. The van der Waals surface area contributed by atoms with Gasteiger partial charge in [-0.2, -0.15) is 13.2 Å². The van der Waals surface area contributed by atoms with E-state index in [4.69, 9.17) is 5.11 Å². The second-order valence-electron chi connectivity index (χ2n) is 4.49. The van der Waals surface area contributed by atoms with Crippen molar-refractivity contribution < 1.29 is 32.6 Å². The zero-order chi connectivity index (χ0) is 17.5. The van der Waals surface area contributed by atoms with Crippen molar-refractivity contribution in [2.24, 2.45) is 0 Å². The zero-order valence-corrected chi connectivity index (χ0v) is 12.0. The van der Waals surface area contributed by atoms with Crippen LogP contribution in [-0.2, 0) is 4.79 Å². The van der Waals surface area contributed by atoms with Gasteiger partial charge in [0.25, 0.3) is 5.91 Å². The molecule has 23 heavy (non-hydrogen) atoms. The van der Waals surface area contributed by atoms with Crippen molar-refractivity contribution >= 4 is 11.9 Å². The van der Waals surface area contributed by atoms with Crippen molar-refractivity contribution in [1.82, 2.24) is 10.3 Å². The first-order valence-corrected chi connectivity index (χ1v) is 6.53. The highest BCUT2D eigenvalue weighted by Gasteiger charge is 2.30. The number of aliphatic carboxylic acids is 1. The number of carbonyl (C=O) groups excluding carboxylic acids is 1. The molecule has 0 bridgehead atoms. The van der Waals surface area contributed by atoms with Crippen molar-refractivity contribution in [1.29, 1.82) is 0 Å². The highest BCUT2D eigenvalue weighted by molar-refractivity contribution is 5.98. The molecule has 0 saturated heterocycles. The van der Waals surface area contributed by atoms with E-state index < -0.39 is 36.6 Å². The SMILES string of the molecule is C=CCCC(NC(=O)c1cccnc1OCC(F)(F)F)C(=O)O. The second-order valence-corrected chi connectivity index (χ2v) is 4.49. The summed E-state index contributed by atoms with van der Waals surface area (Å²) in [5, 5.41) is 11.2. The smallest absolute Gasteiger partial charge is 0.422 e. The highest BCUT2D eigenvalue weighted by atomic mass is 19.4. The summed E-state index contributed by atoms with van der Waals surface area (Å²) in [6, 6.07) is 1.33. The number of carbonyl (C=O) groups is 2. The molecule has 0 aliphatic rings. The maximum atomic E-state index is 12.2. The quantitative estimate of drug-likeness (QED) is 0.712. The van der Waals surface area contributed by atoms with E-state index in [2.05, 4.69) is 21.6 Å². The fourth-order valence-electron chi connectivity index (χ4n) is 1.61. The molecule has 1 rings (SSSR count). The molecular formula is C14H15F3N2O4. The van der Waals surface area contributed by atoms with Crippen LogP contribution >= 0.6 is 0 Å². The summed E-state index contributed by atoms with van der Waals surface area (Å²) in [5.74, 6) is -2.66. The molecule has 1 unspecified atom stereocenters. The van der Waals surface area contributed by atoms with Crippen LogP contribution in [0.5, 0.6) is 5.88 Å². The van der Waals surface area contributed by atoms with E-state index in [-0.39, 0.29) is 12.0 Å². The predicted molar refractivity (Wildman–Crippen MR) is 74.1 cm³/mol. The molecule has 6 nitrogen and oxygen atoms in total. The molecule has 0 spiro atoms. The Kier molecular flexibility index (Phi) is 6.55. The third kappa shape index (κ3) is 6.37. The lowest BCUT2D eigenvalue weighted by atomic mass is 10.1. The van der Waals surface area contributed by atoms with Crippen LogP contribution in [0.1, 0.15) is 23.2 Å². The average Bonchev–Trinajstić information content (AvgIpc) is 2.48. The summed E-state index contributed by atoms with van der Waals surface area (Å²) >= 11 is 0. The minimum atomic E-state index is -4.58. The van der Waals surface area contributed by atoms with E-state index in [1.807, 2.05) is 0 Å². The number of carboxylic acids is 1. The molecule has 0 radical (unpaired) electrons. The second kappa shape index (κ2) is 8.16. The number of aromatic nitrogens is 1. The predicted octanol–water partition coefficient (Wildman–Crippen LogP) is 2.17. The Morgan fingerprint density at radius 3 is 2.74 bits per heavy atom. The zero-order valence-electron chi connectivity index (χ0n) is 12.0. The first kappa shape index (κ1) is 18.5. The van der Waals surface area contributed by atoms with Crippen molar-refractivity contribution in [3.63, 3.8) is 0 Å². The van der Waals surface area contributed by atoms with Gasteiger partial charge in [-0.25, -0.2) is 9.78 Å². The van der Waals surface area contributed by atoms with Gasteiger partial charge in [0.2, 0.25) is 5.88 Å². The maximum absolute atomic E-state index is 12.2. The van der Waals surface area contributed by atoms with Gasteiger partial charge in [0, 0.05) is 6.20 Å². The number of rotatable bonds is 8. The monoisotopic (exact) mass is 332 g/mol. The lowest BCUT2D eigenvalue weighted by molar-refractivity contribution is -0.154. The number of pyridine rings is 1. The van der Waals surface area contributed by atoms with Gasteiger partial charge in [-0.3, -0.25) is 4.79 Å². The Morgan fingerprint density at radius 1 is 1.48 bits per heavy atom. The molecule has 1 atom stereocenters. The number of amides is 1. The minimum Gasteiger partial charge on any atom is -0.480 e. The molecule has 0 fully saturated rings. The van der Waals surface area contributed by atoms with Crippen LogP contribution in [0.15, 0.2) is 31.0 Å². The van der Waals surface area contributed by atoms with E-state index in [1.54, 1.807) is 0 Å². The number of halogens is 3. The van der Waals surface area contributed by atoms with Crippen molar-refractivity contribution in [2.45, 2.75) is 25.1 Å². The Morgan fingerprint density at radius 2 is 2.17 bits per heavy atom. The number of nitrogens with one attached hydrogen (secondary N) is 1. The van der Waals surface area contributed by atoms with Gasteiger partial charge < -0.3 is 15.2 Å². The van der Waals surface area contributed by atoms with E-state index in [0.29, 0.717) is 6.42 Å². The van der Waals surface area contributed by atoms with Crippen LogP contribution in [-0.4, -0.2) is 40.8 Å². The number of hydrogen-bond donors (Lipinski definition) is 2. The lowest BCUT2D eigenvalue weighted by Gasteiger charge is -2.15. The van der Waals surface area contributed by atoms with Gasteiger partial charge in [-0.1, -0.05) is 6.08 Å². The molecule has 1 aromatic rings. The first-order valence-electron chi connectivity index (χ1n) is 6.53. The topological polar surface area (TPSA) is 88.5 Å². The van der Waals surface area contributed by atoms with Gasteiger partial charge in [0.1, 0.15) is 11.6 Å². The Hall–Kier alpha value is -2.58. The van der Waals surface area contributed by atoms with Gasteiger partial charge >= 0.3 is 12.1 Å². The number of carboxylic acid groups (broad SMARTS) is 1. The summed E-state index contributed by atoms with van der Waals surface area (Å²) in [4.78, 5) is 26.7. The lowest BCUT2D eigenvalue weighted by Crippen LogP contribution is -2.41. The van der Waals surface area contributed by atoms with Crippen molar-refractivity contribution in [2.75, 3.05) is 6.61 Å². The molecule has 1 heterocycles. The van der Waals surface area contributed by atoms with Crippen LogP contribution in [0.25, 0.3) is 0 Å². The number of nitrogens with zero attached hydrogens (tertiary/aromatic N) is 1. The molecule has 2 N–H and O–H groups in total. The fourth-order valence-corrected chi connectivity index (χ4v) is 1.61. The molecule has 0 aliphatic heterocycles. The van der Waals surface area contributed by atoms with E-state index in [0.717, 1.165) is 6.20 Å². The Balaban J connectivity index is 2.86. The molecule has 9 heteroatoms. The molecule has 0 saturated carbocycles. The van der Waals surface area contributed by atoms with Gasteiger partial charge in [-0.15, -0.1) is 6.58 Å². The van der Waals surface area contributed by atoms with Gasteiger partial charge in [-0.05, 0) is 25.0 Å². The molecule has 1 amide bonds. The van der Waals surface area contributed by atoms with E-state index in [1.165, 1.54) is 18.2 Å². The summed E-state index contributed by atoms with van der Waals surface area (Å²) in [5.41, 5.74) is -0.276. The number of allylic oxidation sites excluding steroid dienone is 1. The van der Waals surface area contributed by atoms with Crippen LogP contribution in [0, 0.1) is 0 Å². The standard InChI is InChI=1S/C14H15F3N2O4/c1-2-3-6-10(13(21)22)19-11(20)9-5-4-7-18-12(9)23-8-14(15,16)17/h2,4-5,7,10H,1,3,6,8H2,(H,19,20)(H,21,22). The van der Waals surface area contributed by atoms with Gasteiger partial charge in [0.05, 0.1) is 0 Å². The largest absolute Gasteiger partial charge is 0.480 e. The third-order valence-corrected chi connectivity index (χ3v) is 2.65.